The number of benzene rings is 1. The van der Waals surface area contributed by atoms with Crippen molar-refractivity contribution in [2.75, 3.05) is 18.4 Å². The minimum absolute atomic E-state index is 0.0232. The highest BCUT2D eigenvalue weighted by atomic mass is 19.1. The van der Waals surface area contributed by atoms with Gasteiger partial charge in [-0.25, -0.2) is 4.39 Å². The molecule has 1 amide bonds. The maximum atomic E-state index is 13.1. The molecule has 2 aliphatic rings. The summed E-state index contributed by atoms with van der Waals surface area (Å²) in [6.45, 7) is 4.08. The molecular weight excluding hydrogens is 319 g/mol. The predicted molar refractivity (Wildman–Crippen MR) is 92.6 cm³/mol. The van der Waals surface area contributed by atoms with Crippen molar-refractivity contribution in [3.05, 3.63) is 53.0 Å². The average Bonchev–Trinajstić information content (AvgIpc) is 3.42. The van der Waals surface area contributed by atoms with Crippen molar-refractivity contribution in [2.45, 2.75) is 32.2 Å². The van der Waals surface area contributed by atoms with Crippen molar-refractivity contribution in [2.24, 2.45) is 5.92 Å². The number of rotatable bonds is 4. The highest BCUT2D eigenvalue weighted by molar-refractivity contribution is 5.83. The standard InChI is InChI=1S/C19H21FN4O/c1-2-21-18-9-13-11-24(8-7-17(13)22-23-18)19(25)16-10-15(16)12-3-5-14(20)6-4-12/h3-6,9,15-16H,2,7-8,10-11H2,1H3,(H,21,23). The van der Waals surface area contributed by atoms with Gasteiger partial charge < -0.3 is 10.2 Å². The highest BCUT2D eigenvalue weighted by Crippen LogP contribution is 2.48. The zero-order valence-corrected chi connectivity index (χ0v) is 14.2. The van der Waals surface area contributed by atoms with Gasteiger partial charge in [-0.05, 0) is 48.6 Å². The third-order valence-electron chi connectivity index (χ3n) is 5.02. The van der Waals surface area contributed by atoms with Crippen LogP contribution in [0.2, 0.25) is 0 Å². The Morgan fingerprint density at radius 1 is 1.32 bits per heavy atom. The summed E-state index contributed by atoms with van der Waals surface area (Å²) in [4.78, 5) is 14.8. The van der Waals surface area contributed by atoms with Crippen molar-refractivity contribution in [3.8, 4) is 0 Å². The van der Waals surface area contributed by atoms with Crippen LogP contribution in [-0.2, 0) is 17.8 Å². The first kappa shape index (κ1) is 16.0. The molecule has 4 rings (SSSR count). The van der Waals surface area contributed by atoms with E-state index >= 15 is 0 Å². The van der Waals surface area contributed by atoms with Gasteiger partial charge in [0.15, 0.2) is 0 Å². The van der Waals surface area contributed by atoms with Crippen LogP contribution in [0.1, 0.15) is 36.1 Å². The molecule has 2 atom stereocenters. The Morgan fingerprint density at radius 2 is 2.12 bits per heavy atom. The number of hydrogen-bond donors (Lipinski definition) is 1. The normalized spacial score (nSPS) is 21.6. The number of anilines is 1. The van der Waals surface area contributed by atoms with E-state index in [1.807, 2.05) is 17.9 Å². The summed E-state index contributed by atoms with van der Waals surface area (Å²) in [5.74, 6) is 0.961. The first-order valence-corrected chi connectivity index (χ1v) is 8.79. The van der Waals surface area contributed by atoms with Crippen LogP contribution in [0.4, 0.5) is 10.2 Å². The summed E-state index contributed by atoms with van der Waals surface area (Å²) in [5.41, 5.74) is 3.11. The molecule has 2 aromatic rings. The smallest absolute Gasteiger partial charge is 0.226 e. The quantitative estimate of drug-likeness (QED) is 0.930. The second-order valence-corrected chi connectivity index (χ2v) is 6.74. The Balaban J connectivity index is 1.44. The third kappa shape index (κ3) is 3.21. The Hall–Kier alpha value is -2.50. The maximum absolute atomic E-state index is 13.1. The van der Waals surface area contributed by atoms with Crippen LogP contribution >= 0.6 is 0 Å². The topological polar surface area (TPSA) is 58.1 Å². The van der Waals surface area contributed by atoms with Crippen molar-refractivity contribution in [1.82, 2.24) is 15.1 Å². The predicted octanol–water partition coefficient (Wildman–Crippen LogP) is 2.74. The van der Waals surface area contributed by atoms with Crippen LogP contribution in [-0.4, -0.2) is 34.1 Å². The summed E-state index contributed by atoms with van der Waals surface area (Å²) in [7, 11) is 0. The number of nitrogens with one attached hydrogen (secondary N) is 1. The minimum atomic E-state index is -0.238. The molecule has 1 aromatic heterocycles. The van der Waals surface area contributed by atoms with Gasteiger partial charge in [0, 0.05) is 32.0 Å². The largest absolute Gasteiger partial charge is 0.369 e. The fourth-order valence-electron chi connectivity index (χ4n) is 3.57. The van der Waals surface area contributed by atoms with Crippen LogP contribution in [0.5, 0.6) is 0 Å². The van der Waals surface area contributed by atoms with E-state index in [0.717, 1.165) is 42.0 Å². The molecular formula is C19H21FN4O. The third-order valence-corrected chi connectivity index (χ3v) is 5.02. The fraction of sp³-hybridized carbons (Fsp3) is 0.421. The van der Waals surface area contributed by atoms with E-state index in [-0.39, 0.29) is 23.6 Å². The van der Waals surface area contributed by atoms with Gasteiger partial charge in [0.25, 0.3) is 0 Å². The van der Waals surface area contributed by atoms with Crippen LogP contribution in [0.3, 0.4) is 0 Å². The lowest BCUT2D eigenvalue weighted by Crippen LogP contribution is -2.37. The van der Waals surface area contributed by atoms with E-state index in [1.54, 1.807) is 12.1 Å². The lowest BCUT2D eigenvalue weighted by atomic mass is 10.0. The summed E-state index contributed by atoms with van der Waals surface area (Å²) < 4.78 is 13.1. The monoisotopic (exact) mass is 340 g/mol. The summed E-state index contributed by atoms with van der Waals surface area (Å²) >= 11 is 0. The van der Waals surface area contributed by atoms with E-state index in [9.17, 15) is 9.18 Å². The molecule has 5 nitrogen and oxygen atoms in total. The molecule has 1 aliphatic carbocycles. The van der Waals surface area contributed by atoms with Crippen LogP contribution < -0.4 is 5.32 Å². The number of nitrogens with zero attached hydrogens (tertiary/aromatic N) is 3. The number of hydrogen-bond acceptors (Lipinski definition) is 4. The molecule has 2 heterocycles. The summed E-state index contributed by atoms with van der Waals surface area (Å²) in [6, 6.07) is 8.50. The molecule has 1 saturated carbocycles. The molecule has 25 heavy (non-hydrogen) atoms. The number of fused-ring (bicyclic) bond motifs is 1. The lowest BCUT2D eigenvalue weighted by Gasteiger charge is -2.28. The Kier molecular flexibility index (Phi) is 4.11. The van der Waals surface area contributed by atoms with Gasteiger partial charge in [0.05, 0.1) is 5.69 Å². The molecule has 6 heteroatoms. The van der Waals surface area contributed by atoms with E-state index in [0.29, 0.717) is 13.1 Å². The number of aromatic nitrogens is 2. The van der Waals surface area contributed by atoms with Crippen LogP contribution in [0.15, 0.2) is 30.3 Å². The van der Waals surface area contributed by atoms with E-state index in [4.69, 9.17) is 0 Å². The van der Waals surface area contributed by atoms with Gasteiger partial charge in [-0.1, -0.05) is 12.1 Å². The summed E-state index contributed by atoms with van der Waals surface area (Å²) in [6.07, 6.45) is 1.60. The zero-order chi connectivity index (χ0) is 17.4. The molecule has 1 N–H and O–H groups in total. The first-order chi connectivity index (χ1) is 12.2. The van der Waals surface area contributed by atoms with E-state index in [2.05, 4.69) is 15.5 Å². The minimum Gasteiger partial charge on any atom is -0.369 e. The molecule has 0 bridgehead atoms. The number of amides is 1. The van der Waals surface area contributed by atoms with Crippen molar-refractivity contribution >= 4 is 11.7 Å². The molecule has 1 aliphatic heterocycles. The van der Waals surface area contributed by atoms with Crippen molar-refractivity contribution in [1.29, 1.82) is 0 Å². The van der Waals surface area contributed by atoms with Crippen LogP contribution in [0.25, 0.3) is 0 Å². The number of carbonyl (C=O) groups is 1. The molecule has 0 spiro atoms. The molecule has 0 saturated heterocycles. The molecule has 0 radical (unpaired) electrons. The fourth-order valence-corrected chi connectivity index (χ4v) is 3.57. The second-order valence-electron chi connectivity index (χ2n) is 6.74. The van der Waals surface area contributed by atoms with Gasteiger partial charge in [-0.2, -0.15) is 5.10 Å². The Bertz CT molecular complexity index is 793. The van der Waals surface area contributed by atoms with Gasteiger partial charge in [0.1, 0.15) is 11.6 Å². The van der Waals surface area contributed by atoms with E-state index in [1.165, 1.54) is 12.1 Å². The van der Waals surface area contributed by atoms with Gasteiger partial charge >= 0.3 is 0 Å². The van der Waals surface area contributed by atoms with E-state index < -0.39 is 0 Å². The first-order valence-electron chi connectivity index (χ1n) is 8.79. The van der Waals surface area contributed by atoms with Crippen molar-refractivity contribution < 1.29 is 9.18 Å². The number of halogens is 1. The molecule has 1 aromatic carbocycles. The SMILES string of the molecule is CCNc1cc2c(nn1)CCN(C(=O)C1CC1c1ccc(F)cc1)C2. The maximum Gasteiger partial charge on any atom is 0.226 e. The number of carbonyl (C=O) groups excluding carboxylic acids is 1. The van der Waals surface area contributed by atoms with Gasteiger partial charge in [-0.15, -0.1) is 5.10 Å². The molecule has 2 unspecified atom stereocenters. The zero-order valence-electron chi connectivity index (χ0n) is 14.2. The Morgan fingerprint density at radius 3 is 2.88 bits per heavy atom. The summed E-state index contributed by atoms with van der Waals surface area (Å²) in [5, 5.41) is 11.6. The van der Waals surface area contributed by atoms with Crippen LogP contribution in [0, 0.1) is 11.7 Å². The van der Waals surface area contributed by atoms with Gasteiger partial charge in [-0.3, -0.25) is 4.79 Å². The van der Waals surface area contributed by atoms with Crippen molar-refractivity contribution in [3.63, 3.8) is 0 Å². The highest BCUT2D eigenvalue weighted by Gasteiger charge is 2.46. The molecule has 130 valence electrons. The lowest BCUT2D eigenvalue weighted by molar-refractivity contribution is -0.133. The van der Waals surface area contributed by atoms with Gasteiger partial charge in [0.2, 0.25) is 5.91 Å². The second kappa shape index (κ2) is 6.43. The average molecular weight is 340 g/mol. The molecule has 1 fully saturated rings. The Labute approximate surface area is 146 Å².